The number of amides is 2. The molecule has 9 heteroatoms. The van der Waals surface area contributed by atoms with Gasteiger partial charge < -0.3 is 14.2 Å². The van der Waals surface area contributed by atoms with Gasteiger partial charge in [0.2, 0.25) is 0 Å². The number of rotatable bonds is 8. The number of carbonyl (C=O) groups is 2. The van der Waals surface area contributed by atoms with Gasteiger partial charge in [-0.1, -0.05) is 0 Å². The quantitative estimate of drug-likeness (QED) is 0.705. The molecule has 2 rings (SSSR count). The first kappa shape index (κ1) is 18.1. The van der Waals surface area contributed by atoms with Crippen LogP contribution in [0.25, 0.3) is 0 Å². The molecule has 2 N–H and O–H groups in total. The molecular weight excluding hydrogens is 328 g/mol. The topological polar surface area (TPSA) is 112 Å². The standard InChI is InChI=1S/C16H18N4O5/c21-15(19-13-3-1-5-17-11-13)24-9-7-23-8-10-25-16(22)20-14-4-2-6-18-12-14/h1-6,11-12H,7-10H2,(H,19,21)(H,20,22). The lowest BCUT2D eigenvalue weighted by atomic mass is 10.4. The van der Waals surface area contributed by atoms with Crippen molar-refractivity contribution >= 4 is 23.6 Å². The first-order chi connectivity index (χ1) is 12.2. The first-order valence-electron chi connectivity index (χ1n) is 7.49. The molecule has 25 heavy (non-hydrogen) atoms. The molecule has 0 aliphatic heterocycles. The van der Waals surface area contributed by atoms with Crippen LogP contribution < -0.4 is 10.6 Å². The molecule has 2 aromatic rings. The van der Waals surface area contributed by atoms with Gasteiger partial charge in [0.1, 0.15) is 13.2 Å². The molecule has 0 aliphatic carbocycles. The van der Waals surface area contributed by atoms with Crippen molar-refractivity contribution in [3.05, 3.63) is 49.1 Å². The SMILES string of the molecule is O=C(Nc1cccnc1)OCCOCCOC(=O)Nc1cccnc1. The van der Waals surface area contributed by atoms with Gasteiger partial charge in [0.25, 0.3) is 0 Å². The van der Waals surface area contributed by atoms with E-state index < -0.39 is 12.2 Å². The maximum absolute atomic E-state index is 11.5. The fraction of sp³-hybridized carbons (Fsp3) is 0.250. The van der Waals surface area contributed by atoms with Crippen molar-refractivity contribution in [2.75, 3.05) is 37.1 Å². The molecule has 0 fully saturated rings. The van der Waals surface area contributed by atoms with Gasteiger partial charge >= 0.3 is 12.2 Å². The summed E-state index contributed by atoms with van der Waals surface area (Å²) in [6.07, 6.45) is 5.02. The Kier molecular flexibility index (Phi) is 7.66. The number of ether oxygens (including phenoxy) is 3. The Morgan fingerprint density at radius 3 is 1.68 bits per heavy atom. The number of hydrogen-bond acceptors (Lipinski definition) is 7. The molecule has 2 amide bonds. The van der Waals surface area contributed by atoms with Crippen LogP contribution in [0.15, 0.2) is 49.1 Å². The highest BCUT2D eigenvalue weighted by Crippen LogP contribution is 2.03. The van der Waals surface area contributed by atoms with E-state index in [9.17, 15) is 9.59 Å². The minimum atomic E-state index is -0.594. The van der Waals surface area contributed by atoms with Crippen molar-refractivity contribution in [1.29, 1.82) is 0 Å². The van der Waals surface area contributed by atoms with Gasteiger partial charge in [0, 0.05) is 12.4 Å². The summed E-state index contributed by atoms with van der Waals surface area (Å²) in [4.78, 5) is 30.7. The summed E-state index contributed by atoms with van der Waals surface area (Å²) < 4.78 is 15.0. The second-order valence-electron chi connectivity index (χ2n) is 4.62. The Morgan fingerprint density at radius 1 is 0.800 bits per heavy atom. The zero-order chi connectivity index (χ0) is 17.7. The molecule has 2 aromatic heterocycles. The lowest BCUT2D eigenvalue weighted by Gasteiger charge is -2.08. The molecule has 0 saturated heterocycles. The molecule has 0 aromatic carbocycles. The average Bonchev–Trinajstić information content (AvgIpc) is 2.62. The lowest BCUT2D eigenvalue weighted by molar-refractivity contribution is 0.0512. The van der Waals surface area contributed by atoms with Crippen LogP contribution in [0.1, 0.15) is 0 Å². The molecule has 0 aliphatic rings. The molecule has 0 atom stereocenters. The van der Waals surface area contributed by atoms with E-state index in [1.807, 2.05) is 0 Å². The average molecular weight is 346 g/mol. The number of pyridine rings is 2. The minimum absolute atomic E-state index is 0.0774. The van der Waals surface area contributed by atoms with Crippen LogP contribution in [0.3, 0.4) is 0 Å². The second-order valence-corrected chi connectivity index (χ2v) is 4.62. The lowest BCUT2D eigenvalue weighted by Crippen LogP contribution is -2.19. The third kappa shape index (κ3) is 7.75. The monoisotopic (exact) mass is 346 g/mol. The highest BCUT2D eigenvalue weighted by molar-refractivity contribution is 5.84. The fourth-order valence-corrected chi connectivity index (χ4v) is 1.67. The van der Waals surface area contributed by atoms with Crippen molar-refractivity contribution in [3.63, 3.8) is 0 Å². The van der Waals surface area contributed by atoms with Crippen LogP contribution in [0.5, 0.6) is 0 Å². The molecule has 0 unspecified atom stereocenters. The number of hydrogen-bond donors (Lipinski definition) is 2. The van der Waals surface area contributed by atoms with E-state index >= 15 is 0 Å². The molecular formula is C16H18N4O5. The first-order valence-corrected chi connectivity index (χ1v) is 7.49. The Hall–Kier alpha value is -3.20. The molecule has 0 radical (unpaired) electrons. The Bertz CT molecular complexity index is 597. The smallest absolute Gasteiger partial charge is 0.411 e. The van der Waals surface area contributed by atoms with Crippen molar-refractivity contribution in [3.8, 4) is 0 Å². The summed E-state index contributed by atoms with van der Waals surface area (Å²) >= 11 is 0. The molecule has 0 bridgehead atoms. The summed E-state index contributed by atoms with van der Waals surface area (Å²) in [6, 6.07) is 6.78. The van der Waals surface area contributed by atoms with Gasteiger partial charge in [-0.3, -0.25) is 20.6 Å². The molecule has 0 spiro atoms. The highest BCUT2D eigenvalue weighted by atomic mass is 16.6. The molecule has 132 valence electrons. The normalized spacial score (nSPS) is 9.92. The third-order valence-corrected chi connectivity index (χ3v) is 2.74. The van der Waals surface area contributed by atoms with E-state index in [2.05, 4.69) is 20.6 Å². The predicted molar refractivity (Wildman–Crippen MR) is 89.2 cm³/mol. The summed E-state index contributed by atoms with van der Waals surface area (Å²) in [5.41, 5.74) is 1.09. The highest BCUT2D eigenvalue weighted by Gasteiger charge is 2.04. The van der Waals surface area contributed by atoms with Gasteiger partial charge in [-0.05, 0) is 24.3 Å². The van der Waals surface area contributed by atoms with E-state index in [0.717, 1.165) is 0 Å². The van der Waals surface area contributed by atoms with Gasteiger partial charge in [-0.15, -0.1) is 0 Å². The van der Waals surface area contributed by atoms with Crippen molar-refractivity contribution < 1.29 is 23.8 Å². The van der Waals surface area contributed by atoms with Gasteiger partial charge in [0.15, 0.2) is 0 Å². The van der Waals surface area contributed by atoms with Crippen LogP contribution in [0.2, 0.25) is 0 Å². The maximum Gasteiger partial charge on any atom is 0.411 e. The largest absolute Gasteiger partial charge is 0.447 e. The molecule has 2 heterocycles. The van der Waals surface area contributed by atoms with Crippen LogP contribution in [-0.4, -0.2) is 48.6 Å². The zero-order valence-corrected chi connectivity index (χ0v) is 13.4. The Balaban J connectivity index is 1.46. The van der Waals surface area contributed by atoms with Crippen molar-refractivity contribution in [1.82, 2.24) is 9.97 Å². The third-order valence-electron chi connectivity index (χ3n) is 2.74. The van der Waals surface area contributed by atoms with Crippen LogP contribution >= 0.6 is 0 Å². The van der Waals surface area contributed by atoms with E-state index in [1.165, 1.54) is 12.4 Å². The van der Waals surface area contributed by atoms with Crippen molar-refractivity contribution in [2.24, 2.45) is 0 Å². The summed E-state index contributed by atoms with van der Waals surface area (Å²) in [7, 11) is 0. The summed E-state index contributed by atoms with van der Waals surface area (Å²) in [6.45, 7) is 0.532. The second kappa shape index (κ2) is 10.6. The number of carbonyl (C=O) groups excluding carboxylic acids is 2. The van der Waals surface area contributed by atoms with Crippen LogP contribution in [0.4, 0.5) is 21.0 Å². The van der Waals surface area contributed by atoms with E-state index in [-0.39, 0.29) is 26.4 Å². The van der Waals surface area contributed by atoms with E-state index in [1.54, 1.807) is 36.7 Å². The predicted octanol–water partition coefficient (Wildman–Crippen LogP) is 2.29. The summed E-state index contributed by atoms with van der Waals surface area (Å²) in [5, 5.41) is 5.04. The minimum Gasteiger partial charge on any atom is -0.447 e. The van der Waals surface area contributed by atoms with E-state index in [0.29, 0.717) is 11.4 Å². The van der Waals surface area contributed by atoms with Crippen molar-refractivity contribution in [2.45, 2.75) is 0 Å². The van der Waals surface area contributed by atoms with E-state index in [4.69, 9.17) is 14.2 Å². The summed E-state index contributed by atoms with van der Waals surface area (Å²) in [5.74, 6) is 0. The van der Waals surface area contributed by atoms with Crippen LogP contribution in [0, 0.1) is 0 Å². The fourth-order valence-electron chi connectivity index (χ4n) is 1.67. The number of nitrogens with zero attached hydrogens (tertiary/aromatic N) is 2. The van der Waals surface area contributed by atoms with Gasteiger partial charge in [-0.2, -0.15) is 0 Å². The zero-order valence-electron chi connectivity index (χ0n) is 13.4. The molecule has 0 saturated carbocycles. The number of anilines is 2. The Morgan fingerprint density at radius 2 is 1.28 bits per heavy atom. The number of nitrogens with one attached hydrogen (secondary N) is 2. The number of aromatic nitrogens is 2. The van der Waals surface area contributed by atoms with Gasteiger partial charge in [-0.25, -0.2) is 9.59 Å². The molecule has 9 nitrogen and oxygen atoms in total. The Labute approximate surface area is 144 Å². The van der Waals surface area contributed by atoms with Crippen LogP contribution in [-0.2, 0) is 14.2 Å². The maximum atomic E-state index is 11.5. The van der Waals surface area contributed by atoms with Gasteiger partial charge in [0.05, 0.1) is 37.0 Å².